The van der Waals surface area contributed by atoms with E-state index >= 15 is 0 Å². The molecule has 98 valence electrons. The molecule has 2 rings (SSSR count). The number of nitrogens with one attached hydrogen (secondary N) is 2. The van der Waals surface area contributed by atoms with Crippen LogP contribution in [0.5, 0.6) is 0 Å². The van der Waals surface area contributed by atoms with Crippen LogP contribution in [0.3, 0.4) is 0 Å². The predicted molar refractivity (Wildman–Crippen MR) is 62.1 cm³/mol. The number of rotatable bonds is 5. The molecule has 0 radical (unpaired) electrons. The zero-order valence-corrected chi connectivity index (χ0v) is 10.3. The molecule has 7 nitrogen and oxygen atoms in total. The highest BCUT2D eigenvalue weighted by molar-refractivity contribution is 5.93. The molecular weight excluding hydrogens is 236 g/mol. The highest BCUT2D eigenvalue weighted by Crippen LogP contribution is 2.32. The van der Waals surface area contributed by atoms with Crippen molar-refractivity contribution in [1.82, 2.24) is 20.5 Å². The fraction of sp³-hybridized carbons (Fsp3) is 0.636. The monoisotopic (exact) mass is 252 g/mol. The van der Waals surface area contributed by atoms with Gasteiger partial charge in [0.15, 0.2) is 0 Å². The van der Waals surface area contributed by atoms with Crippen LogP contribution in [0.4, 0.5) is 0 Å². The Morgan fingerprint density at radius 3 is 2.56 bits per heavy atom. The van der Waals surface area contributed by atoms with Crippen LogP contribution in [-0.4, -0.2) is 38.2 Å². The summed E-state index contributed by atoms with van der Waals surface area (Å²) in [7, 11) is 0. The van der Waals surface area contributed by atoms with Crippen molar-refractivity contribution >= 4 is 11.9 Å². The van der Waals surface area contributed by atoms with Crippen molar-refractivity contribution in [1.29, 1.82) is 0 Å². The van der Waals surface area contributed by atoms with Gasteiger partial charge < -0.3 is 10.4 Å². The van der Waals surface area contributed by atoms with E-state index in [4.69, 9.17) is 5.11 Å². The molecule has 18 heavy (non-hydrogen) atoms. The molecule has 1 amide bonds. The average molecular weight is 252 g/mol. The Morgan fingerprint density at radius 2 is 2.11 bits per heavy atom. The van der Waals surface area contributed by atoms with Gasteiger partial charge >= 0.3 is 5.97 Å². The third kappa shape index (κ3) is 2.66. The van der Waals surface area contributed by atoms with E-state index in [0.717, 1.165) is 12.8 Å². The molecule has 0 aliphatic heterocycles. The minimum atomic E-state index is -1.01. The summed E-state index contributed by atoms with van der Waals surface area (Å²) in [6.07, 6.45) is 1.67. The van der Waals surface area contributed by atoms with Crippen LogP contribution < -0.4 is 5.32 Å². The molecule has 1 aromatic rings. The lowest BCUT2D eigenvalue weighted by atomic mass is 10.2. The molecule has 3 N–H and O–H groups in total. The number of carboxylic acids is 1. The number of amides is 1. The Balaban J connectivity index is 2.03. The zero-order chi connectivity index (χ0) is 13.3. The van der Waals surface area contributed by atoms with Crippen molar-refractivity contribution in [2.75, 3.05) is 0 Å². The first-order valence-corrected chi connectivity index (χ1v) is 5.95. The first kappa shape index (κ1) is 12.5. The first-order valence-electron chi connectivity index (χ1n) is 5.95. The number of carbonyl (C=O) groups excluding carboxylic acids is 1. The number of carboxylic acid groups (broad SMARTS) is 1. The number of hydrogen-bond acceptors (Lipinski definition) is 4. The molecule has 1 heterocycles. The quantitative estimate of drug-likeness (QED) is 0.708. The second kappa shape index (κ2) is 4.75. The number of aromatic nitrogens is 3. The Hall–Kier alpha value is -1.92. The summed E-state index contributed by atoms with van der Waals surface area (Å²) in [5.41, 5.74) is 0. The Bertz CT molecular complexity index is 465. The Labute approximate surface area is 104 Å². The SMILES string of the molecule is CC(C)c1nc(C(=O)NC(C(=O)O)C2CC2)n[nH]1. The van der Waals surface area contributed by atoms with Gasteiger partial charge in [-0.05, 0) is 18.8 Å². The van der Waals surface area contributed by atoms with E-state index in [1.807, 2.05) is 13.8 Å². The van der Waals surface area contributed by atoms with E-state index in [1.165, 1.54) is 0 Å². The molecule has 0 spiro atoms. The number of H-pyrrole nitrogens is 1. The number of nitrogens with zero attached hydrogens (tertiary/aromatic N) is 2. The normalized spacial score (nSPS) is 16.6. The number of aliphatic carboxylic acids is 1. The zero-order valence-electron chi connectivity index (χ0n) is 10.3. The van der Waals surface area contributed by atoms with Gasteiger partial charge in [-0.1, -0.05) is 13.8 Å². The van der Waals surface area contributed by atoms with Crippen molar-refractivity contribution in [3.8, 4) is 0 Å². The number of hydrogen-bond donors (Lipinski definition) is 3. The van der Waals surface area contributed by atoms with Gasteiger partial charge in [-0.2, -0.15) is 0 Å². The third-order valence-corrected chi connectivity index (χ3v) is 2.90. The lowest BCUT2D eigenvalue weighted by molar-refractivity contribution is -0.139. The van der Waals surface area contributed by atoms with E-state index in [1.54, 1.807) is 0 Å². The fourth-order valence-corrected chi connectivity index (χ4v) is 1.65. The second-order valence-electron chi connectivity index (χ2n) is 4.83. The van der Waals surface area contributed by atoms with Crippen LogP contribution in [0, 0.1) is 5.92 Å². The largest absolute Gasteiger partial charge is 0.480 e. The van der Waals surface area contributed by atoms with E-state index in [2.05, 4.69) is 20.5 Å². The molecule has 1 atom stereocenters. The van der Waals surface area contributed by atoms with E-state index in [0.29, 0.717) is 5.82 Å². The van der Waals surface area contributed by atoms with E-state index < -0.39 is 17.9 Å². The molecule has 1 unspecified atom stereocenters. The smallest absolute Gasteiger partial charge is 0.326 e. The average Bonchev–Trinajstić information content (AvgIpc) is 3.00. The first-order chi connectivity index (χ1) is 8.49. The van der Waals surface area contributed by atoms with E-state index in [9.17, 15) is 9.59 Å². The molecule has 0 aromatic carbocycles. The molecule has 1 aliphatic rings. The standard InChI is InChI=1S/C11H16N4O3/c1-5(2)8-13-9(15-14-8)10(16)12-7(11(17)18)6-3-4-6/h5-7H,3-4H2,1-2H3,(H,12,16)(H,17,18)(H,13,14,15). The molecule has 0 saturated heterocycles. The van der Waals surface area contributed by atoms with E-state index in [-0.39, 0.29) is 17.7 Å². The summed E-state index contributed by atoms with van der Waals surface area (Å²) in [4.78, 5) is 26.8. The molecule has 1 aromatic heterocycles. The fourth-order valence-electron chi connectivity index (χ4n) is 1.65. The minimum Gasteiger partial charge on any atom is -0.480 e. The molecule has 0 bridgehead atoms. The van der Waals surface area contributed by atoms with Gasteiger partial charge in [0.25, 0.3) is 5.91 Å². The molecular formula is C11H16N4O3. The Kier molecular flexibility index (Phi) is 3.31. The molecule has 1 saturated carbocycles. The molecule has 1 aliphatic carbocycles. The van der Waals surface area contributed by atoms with Gasteiger partial charge in [0, 0.05) is 5.92 Å². The van der Waals surface area contributed by atoms with Crippen molar-refractivity contribution in [3.05, 3.63) is 11.6 Å². The van der Waals surface area contributed by atoms with Gasteiger partial charge in [0.2, 0.25) is 5.82 Å². The topological polar surface area (TPSA) is 108 Å². The highest BCUT2D eigenvalue weighted by atomic mass is 16.4. The lowest BCUT2D eigenvalue weighted by Crippen LogP contribution is -2.42. The van der Waals surface area contributed by atoms with Gasteiger partial charge in [-0.25, -0.2) is 9.78 Å². The van der Waals surface area contributed by atoms with Crippen LogP contribution >= 0.6 is 0 Å². The Morgan fingerprint density at radius 1 is 1.44 bits per heavy atom. The van der Waals surface area contributed by atoms with Crippen molar-refractivity contribution in [2.24, 2.45) is 5.92 Å². The van der Waals surface area contributed by atoms with Crippen LogP contribution in [0.15, 0.2) is 0 Å². The van der Waals surface area contributed by atoms with Crippen LogP contribution in [-0.2, 0) is 4.79 Å². The summed E-state index contributed by atoms with van der Waals surface area (Å²) < 4.78 is 0. The summed E-state index contributed by atoms with van der Waals surface area (Å²) in [6.45, 7) is 3.85. The maximum absolute atomic E-state index is 11.8. The molecule has 7 heteroatoms. The second-order valence-corrected chi connectivity index (χ2v) is 4.83. The maximum Gasteiger partial charge on any atom is 0.326 e. The van der Waals surface area contributed by atoms with Crippen molar-refractivity contribution < 1.29 is 14.7 Å². The van der Waals surface area contributed by atoms with Gasteiger partial charge in [-0.15, -0.1) is 5.10 Å². The van der Waals surface area contributed by atoms with Crippen molar-refractivity contribution in [3.63, 3.8) is 0 Å². The van der Waals surface area contributed by atoms with Crippen LogP contribution in [0.1, 0.15) is 49.1 Å². The third-order valence-electron chi connectivity index (χ3n) is 2.90. The van der Waals surface area contributed by atoms with Crippen LogP contribution in [0.25, 0.3) is 0 Å². The lowest BCUT2D eigenvalue weighted by Gasteiger charge is -2.11. The summed E-state index contributed by atoms with van der Waals surface area (Å²) >= 11 is 0. The van der Waals surface area contributed by atoms with Gasteiger partial charge in [-0.3, -0.25) is 9.89 Å². The highest BCUT2D eigenvalue weighted by Gasteiger charge is 2.37. The van der Waals surface area contributed by atoms with Crippen molar-refractivity contribution in [2.45, 2.75) is 38.6 Å². The predicted octanol–water partition coefficient (Wildman–Crippen LogP) is 0.521. The summed E-state index contributed by atoms with van der Waals surface area (Å²) in [5, 5.41) is 17.9. The molecule has 1 fully saturated rings. The summed E-state index contributed by atoms with van der Waals surface area (Å²) in [5.74, 6) is -0.778. The van der Waals surface area contributed by atoms with Gasteiger partial charge in [0.1, 0.15) is 11.9 Å². The minimum absolute atomic E-state index is 0.00870. The van der Waals surface area contributed by atoms with Gasteiger partial charge in [0.05, 0.1) is 0 Å². The van der Waals surface area contributed by atoms with Crippen LogP contribution in [0.2, 0.25) is 0 Å². The maximum atomic E-state index is 11.8. The number of carbonyl (C=O) groups is 2. The number of aromatic amines is 1. The summed E-state index contributed by atoms with van der Waals surface area (Å²) in [6, 6.07) is -0.835.